The van der Waals surface area contributed by atoms with E-state index < -0.39 is 11.8 Å². The number of amides is 1. The van der Waals surface area contributed by atoms with Crippen LogP contribution in [0.15, 0.2) is 30.7 Å². The van der Waals surface area contributed by atoms with E-state index in [9.17, 15) is 9.18 Å². The van der Waals surface area contributed by atoms with Crippen LogP contribution < -0.4 is 21.3 Å². The van der Waals surface area contributed by atoms with Crippen molar-refractivity contribution in [3.05, 3.63) is 36.3 Å². The van der Waals surface area contributed by atoms with E-state index >= 15 is 0 Å². The summed E-state index contributed by atoms with van der Waals surface area (Å²) >= 11 is 0. The second-order valence-corrected chi connectivity index (χ2v) is 14.7. The Balaban J connectivity index is 1.06. The number of hydrogen-bond donors (Lipinski definition) is 3. The van der Waals surface area contributed by atoms with Crippen molar-refractivity contribution in [3.63, 3.8) is 0 Å². The quantitative estimate of drug-likeness (QED) is 0.241. The van der Waals surface area contributed by atoms with E-state index in [1.54, 1.807) is 32.5 Å². The van der Waals surface area contributed by atoms with Crippen LogP contribution in [-0.4, -0.2) is 94.0 Å². The molecule has 1 aliphatic carbocycles. The molecule has 262 valence electrons. The Morgan fingerprint density at radius 3 is 2.60 bits per heavy atom. The molecule has 48 heavy (non-hydrogen) atoms. The molecule has 11 nitrogen and oxygen atoms in total. The largest absolute Gasteiger partial charge is 0.375 e. The van der Waals surface area contributed by atoms with Crippen molar-refractivity contribution in [2.24, 2.45) is 11.7 Å². The van der Waals surface area contributed by atoms with Gasteiger partial charge in [0.1, 0.15) is 17.8 Å². The number of nitrogens with one attached hydrogen (secondary N) is 2. The third kappa shape index (κ3) is 7.92. The van der Waals surface area contributed by atoms with Gasteiger partial charge in [0.15, 0.2) is 0 Å². The highest BCUT2D eigenvalue weighted by molar-refractivity contribution is 6.07. The van der Waals surface area contributed by atoms with Crippen LogP contribution >= 0.6 is 0 Å². The van der Waals surface area contributed by atoms with Crippen LogP contribution in [-0.2, 0) is 4.74 Å². The lowest BCUT2D eigenvalue weighted by atomic mass is 9.84. The van der Waals surface area contributed by atoms with E-state index in [4.69, 9.17) is 10.5 Å². The number of nitrogens with two attached hydrogens (primary N) is 1. The first kappa shape index (κ1) is 34.5. The van der Waals surface area contributed by atoms with Gasteiger partial charge in [0.25, 0.3) is 5.91 Å². The number of pyridine rings is 1. The van der Waals surface area contributed by atoms with E-state index in [0.717, 1.165) is 49.3 Å². The van der Waals surface area contributed by atoms with Crippen molar-refractivity contribution in [1.82, 2.24) is 29.7 Å². The van der Waals surface area contributed by atoms with Gasteiger partial charge in [-0.25, -0.2) is 14.4 Å². The lowest BCUT2D eigenvalue weighted by Gasteiger charge is -2.41. The molecule has 3 aromatic rings. The highest BCUT2D eigenvalue weighted by Gasteiger charge is 2.40. The number of nitrogens with zero attached hydrogens (tertiary/aromatic N) is 6. The van der Waals surface area contributed by atoms with Crippen LogP contribution in [0.25, 0.3) is 10.9 Å². The Morgan fingerprint density at radius 2 is 1.90 bits per heavy atom. The molecule has 2 aliphatic heterocycles. The smallest absolute Gasteiger partial charge is 0.253 e. The lowest BCUT2D eigenvalue weighted by Crippen LogP contribution is -2.53. The number of carbonyl (C=O) groups excluding carboxylic acids is 1. The van der Waals surface area contributed by atoms with E-state index in [1.165, 1.54) is 38.5 Å². The van der Waals surface area contributed by atoms with Gasteiger partial charge in [-0.1, -0.05) is 0 Å². The van der Waals surface area contributed by atoms with E-state index in [1.807, 2.05) is 17.2 Å². The zero-order valence-corrected chi connectivity index (χ0v) is 29.1. The second kappa shape index (κ2) is 15.0. The Bertz CT molecular complexity index is 1530. The molecule has 2 saturated heterocycles. The van der Waals surface area contributed by atoms with Gasteiger partial charge in [-0.2, -0.15) is 4.98 Å². The minimum Gasteiger partial charge on any atom is -0.375 e. The number of alkyl halides is 1. The molecule has 12 heteroatoms. The molecule has 0 aromatic carbocycles. The molecule has 1 amide bonds. The predicted molar refractivity (Wildman–Crippen MR) is 189 cm³/mol. The summed E-state index contributed by atoms with van der Waals surface area (Å²) < 4.78 is 22.4. The normalized spacial score (nSPS) is 25.9. The van der Waals surface area contributed by atoms with Gasteiger partial charge in [-0.05, 0) is 97.1 Å². The molecular formula is C36H54FN9O2. The number of methoxy groups -OCH3 is 1. The van der Waals surface area contributed by atoms with Gasteiger partial charge in [-0.15, -0.1) is 0 Å². The molecule has 3 aromatic heterocycles. The van der Waals surface area contributed by atoms with E-state index in [-0.39, 0.29) is 24.5 Å². The maximum absolute atomic E-state index is 14.9. The number of hydrogen-bond acceptors (Lipinski definition) is 9. The van der Waals surface area contributed by atoms with Gasteiger partial charge in [-0.3, -0.25) is 4.79 Å². The van der Waals surface area contributed by atoms with E-state index in [2.05, 4.69) is 48.9 Å². The van der Waals surface area contributed by atoms with Gasteiger partial charge in [0.05, 0.1) is 23.2 Å². The molecule has 5 heterocycles. The fraction of sp³-hybridized carbons (Fsp3) is 0.667. The summed E-state index contributed by atoms with van der Waals surface area (Å²) in [6, 6.07) is 4.46. The number of likely N-dealkylation sites (tertiary alicyclic amines) is 1. The number of aromatic nitrogens is 4. The first-order chi connectivity index (χ1) is 23.1. The molecule has 4 N–H and O–H groups in total. The molecule has 0 bridgehead atoms. The van der Waals surface area contributed by atoms with Gasteiger partial charge in [0, 0.05) is 74.9 Å². The summed E-state index contributed by atoms with van der Waals surface area (Å²) in [5.74, 6) is 2.43. The summed E-state index contributed by atoms with van der Waals surface area (Å²) in [5, 5.41) is 7.44. The number of carbonyl (C=O) groups is 1. The number of piperidine rings is 2. The summed E-state index contributed by atoms with van der Waals surface area (Å²) in [6.45, 7) is 9.97. The van der Waals surface area contributed by atoms with Crippen LogP contribution in [0.1, 0.15) is 95.0 Å². The van der Waals surface area contributed by atoms with Crippen molar-refractivity contribution in [2.45, 2.75) is 108 Å². The lowest BCUT2D eigenvalue weighted by molar-refractivity contribution is -0.0679. The molecular weight excluding hydrogens is 609 g/mol. The Kier molecular flexibility index (Phi) is 10.8. The highest BCUT2D eigenvalue weighted by atomic mass is 19.1. The maximum Gasteiger partial charge on any atom is 0.253 e. The minimum atomic E-state index is -1.15. The van der Waals surface area contributed by atoms with Crippen molar-refractivity contribution in [1.29, 1.82) is 0 Å². The van der Waals surface area contributed by atoms with Crippen LogP contribution in [0.3, 0.4) is 0 Å². The fourth-order valence-electron chi connectivity index (χ4n) is 7.57. The van der Waals surface area contributed by atoms with Gasteiger partial charge >= 0.3 is 0 Å². The number of halogens is 1. The summed E-state index contributed by atoms with van der Waals surface area (Å²) in [5.41, 5.74) is 6.85. The summed E-state index contributed by atoms with van der Waals surface area (Å²) in [6.07, 6.45) is 14.2. The molecule has 0 spiro atoms. The summed E-state index contributed by atoms with van der Waals surface area (Å²) in [4.78, 5) is 31.7. The standard InChI is InChI=1S/C36H54FN9O2/c1-24(2)46-22-29(34(47)41-27-12-17-44(18-13-27)16-5-6-25-7-9-26(38)10-8-25)28-21-40-33(20-30(28)46)42-32-11-15-39-35(43-32)45-19-14-36(3,48-4)31(37)23-45/h11,15,20-22,24-27,31H,5-10,12-14,16-19,23,38H2,1-4H3,(H,41,47)(H,39,40,42,43)/t25?,26?,31-,36-/m0/s1. The topological polar surface area (TPSA) is 126 Å². The SMILES string of the molecule is CO[C@@]1(C)CCN(c2nccc(Nc3cc4c(cn3)c(C(=O)NC3CCN(CCCC5CCC(N)CC5)CC3)cn4C(C)C)n2)C[C@@H]1F. The highest BCUT2D eigenvalue weighted by Crippen LogP contribution is 2.31. The Morgan fingerprint density at radius 1 is 1.12 bits per heavy atom. The average molecular weight is 664 g/mol. The monoisotopic (exact) mass is 663 g/mol. The van der Waals surface area contributed by atoms with Crippen LogP contribution in [0, 0.1) is 5.92 Å². The maximum atomic E-state index is 14.9. The van der Waals surface area contributed by atoms with Crippen LogP contribution in [0.4, 0.5) is 22.0 Å². The first-order valence-electron chi connectivity index (χ1n) is 18.0. The molecule has 3 fully saturated rings. The molecule has 0 radical (unpaired) electrons. The average Bonchev–Trinajstić information content (AvgIpc) is 3.47. The molecule has 2 atom stereocenters. The van der Waals surface area contributed by atoms with Crippen LogP contribution in [0.2, 0.25) is 0 Å². The number of ether oxygens (including phenoxy) is 1. The van der Waals surface area contributed by atoms with Crippen LogP contribution in [0.5, 0.6) is 0 Å². The molecule has 0 unspecified atom stereocenters. The number of anilines is 3. The second-order valence-electron chi connectivity index (χ2n) is 14.7. The zero-order valence-electron chi connectivity index (χ0n) is 29.1. The van der Waals surface area contributed by atoms with Crippen molar-refractivity contribution >= 4 is 34.4 Å². The van der Waals surface area contributed by atoms with Gasteiger partial charge in [0.2, 0.25) is 5.95 Å². The Labute approximate surface area is 284 Å². The van der Waals surface area contributed by atoms with Crippen molar-refractivity contribution < 1.29 is 13.9 Å². The third-order valence-corrected chi connectivity index (χ3v) is 11.0. The number of rotatable bonds is 11. The van der Waals surface area contributed by atoms with Gasteiger partial charge < -0.3 is 35.5 Å². The van der Waals surface area contributed by atoms with Crippen molar-refractivity contribution in [2.75, 3.05) is 50.1 Å². The molecule has 1 saturated carbocycles. The zero-order chi connectivity index (χ0) is 33.8. The third-order valence-electron chi connectivity index (χ3n) is 11.0. The summed E-state index contributed by atoms with van der Waals surface area (Å²) in [7, 11) is 1.55. The number of fused-ring (bicyclic) bond motifs is 1. The molecule has 3 aliphatic rings. The Hall–Kier alpha value is -3.35. The predicted octanol–water partition coefficient (Wildman–Crippen LogP) is 5.60. The first-order valence-corrected chi connectivity index (χ1v) is 18.0. The minimum absolute atomic E-state index is 0.0476. The molecule has 6 rings (SSSR count). The van der Waals surface area contributed by atoms with E-state index in [0.29, 0.717) is 42.2 Å². The fourth-order valence-corrected chi connectivity index (χ4v) is 7.57. The van der Waals surface area contributed by atoms with Crippen molar-refractivity contribution in [3.8, 4) is 0 Å².